The first-order valence-electron chi connectivity index (χ1n) is 9.53. The number of aliphatic hydroxyl groups excluding tert-OH is 1. The number of rotatable bonds is 12. The number of phenolic OH excluding ortho intramolecular Hbond substituents is 1. The van der Waals surface area contributed by atoms with Gasteiger partial charge in [0, 0.05) is 6.42 Å². The molecule has 0 aliphatic heterocycles. The quantitative estimate of drug-likeness (QED) is 0.531. The fraction of sp³-hybridized carbons (Fsp3) is 0.348. The molecule has 0 saturated carbocycles. The summed E-state index contributed by atoms with van der Waals surface area (Å²) >= 11 is 0. The van der Waals surface area contributed by atoms with Gasteiger partial charge in [-0.1, -0.05) is 18.2 Å². The van der Waals surface area contributed by atoms with E-state index >= 15 is 0 Å². The molecule has 2 N–H and O–H groups in total. The van der Waals surface area contributed by atoms with Gasteiger partial charge in [0.25, 0.3) is 0 Å². The Morgan fingerprint density at radius 3 is 2.38 bits per heavy atom. The average molecular weight is 400 g/mol. The number of carbonyl (C=O) groups is 1. The minimum atomic E-state index is -0.0635. The summed E-state index contributed by atoms with van der Waals surface area (Å²) in [6.07, 6.45) is 5.98. The molecule has 0 atom stereocenters. The lowest BCUT2D eigenvalue weighted by molar-refractivity contribution is -0.114. The van der Waals surface area contributed by atoms with Gasteiger partial charge < -0.3 is 24.4 Å². The first-order chi connectivity index (χ1) is 14.1. The number of allylic oxidation sites excluding steroid dienone is 2. The van der Waals surface area contributed by atoms with Crippen molar-refractivity contribution < 1.29 is 29.2 Å². The van der Waals surface area contributed by atoms with E-state index in [4.69, 9.17) is 19.3 Å². The lowest BCUT2D eigenvalue weighted by Gasteiger charge is -2.11. The smallest absolute Gasteiger partial charge is 0.161 e. The number of phenols is 1. The average Bonchev–Trinajstić information content (AvgIpc) is 2.75. The van der Waals surface area contributed by atoms with Gasteiger partial charge in [0.15, 0.2) is 28.8 Å². The van der Waals surface area contributed by atoms with Gasteiger partial charge in [0.05, 0.1) is 20.8 Å². The molecule has 0 fully saturated rings. The van der Waals surface area contributed by atoms with E-state index in [-0.39, 0.29) is 24.7 Å². The molecule has 0 amide bonds. The number of methoxy groups -OCH3 is 2. The minimum absolute atomic E-state index is 0.0628. The molecule has 0 unspecified atom stereocenters. The van der Waals surface area contributed by atoms with Crippen LogP contribution in [0.3, 0.4) is 0 Å². The van der Waals surface area contributed by atoms with E-state index in [1.165, 1.54) is 7.11 Å². The molecule has 0 bridgehead atoms. The van der Waals surface area contributed by atoms with Crippen molar-refractivity contribution in [2.45, 2.75) is 25.7 Å². The predicted octanol–water partition coefficient (Wildman–Crippen LogP) is 3.47. The molecular formula is C23H28O6. The maximum Gasteiger partial charge on any atom is 0.161 e. The molecular weight excluding hydrogens is 372 g/mol. The maximum atomic E-state index is 12.1. The SMILES string of the molecule is COc1cc(CC/C=C/C(=O)CCc2ccc(OCCO)c(OC)c2)ccc1O. The van der Waals surface area contributed by atoms with Crippen LogP contribution >= 0.6 is 0 Å². The Balaban J connectivity index is 1.80. The van der Waals surface area contributed by atoms with Gasteiger partial charge in [-0.3, -0.25) is 4.79 Å². The molecule has 2 aromatic carbocycles. The molecule has 0 spiro atoms. The standard InChI is InChI=1S/C23H28O6/c1-27-22-15-17(8-11-20(22)26)5-3-4-6-19(25)10-7-18-9-12-21(29-14-13-24)23(16-18)28-2/h4,6,8-9,11-12,15-16,24,26H,3,5,7,10,13-14H2,1-2H3/b6-4+. The third-order valence-corrected chi connectivity index (χ3v) is 4.38. The molecule has 0 saturated heterocycles. The van der Waals surface area contributed by atoms with Crippen LogP contribution in [0.4, 0.5) is 0 Å². The second-order valence-corrected chi connectivity index (χ2v) is 6.47. The molecule has 0 radical (unpaired) electrons. The van der Waals surface area contributed by atoms with Gasteiger partial charge in [0.1, 0.15) is 6.61 Å². The maximum absolute atomic E-state index is 12.1. The van der Waals surface area contributed by atoms with E-state index in [1.54, 1.807) is 31.4 Å². The van der Waals surface area contributed by atoms with Crippen molar-refractivity contribution in [3.8, 4) is 23.0 Å². The van der Waals surface area contributed by atoms with Crippen LogP contribution < -0.4 is 14.2 Å². The Morgan fingerprint density at radius 2 is 1.66 bits per heavy atom. The zero-order chi connectivity index (χ0) is 21.1. The fourth-order valence-corrected chi connectivity index (χ4v) is 2.84. The minimum Gasteiger partial charge on any atom is -0.504 e. The highest BCUT2D eigenvalue weighted by molar-refractivity contribution is 5.89. The highest BCUT2D eigenvalue weighted by Crippen LogP contribution is 2.29. The monoisotopic (exact) mass is 400 g/mol. The third kappa shape index (κ3) is 7.16. The topological polar surface area (TPSA) is 85.2 Å². The largest absolute Gasteiger partial charge is 0.504 e. The summed E-state index contributed by atoms with van der Waals surface area (Å²) in [5.74, 6) is 1.79. The number of aromatic hydroxyl groups is 1. The van der Waals surface area contributed by atoms with Gasteiger partial charge in [-0.25, -0.2) is 0 Å². The van der Waals surface area contributed by atoms with E-state index in [0.29, 0.717) is 30.1 Å². The summed E-state index contributed by atoms with van der Waals surface area (Å²) in [6.45, 7) is 0.141. The Labute approximate surface area is 171 Å². The fourth-order valence-electron chi connectivity index (χ4n) is 2.84. The van der Waals surface area contributed by atoms with E-state index < -0.39 is 0 Å². The number of ketones is 1. The second kappa shape index (κ2) is 11.8. The van der Waals surface area contributed by atoms with Crippen LogP contribution in [0.5, 0.6) is 23.0 Å². The van der Waals surface area contributed by atoms with Crippen molar-refractivity contribution in [1.82, 2.24) is 0 Å². The van der Waals surface area contributed by atoms with Crippen LogP contribution in [0, 0.1) is 0 Å². The van der Waals surface area contributed by atoms with Gasteiger partial charge in [-0.05, 0) is 60.7 Å². The molecule has 0 aromatic heterocycles. The number of aryl methyl sites for hydroxylation is 2. The normalized spacial score (nSPS) is 10.9. The van der Waals surface area contributed by atoms with Crippen molar-refractivity contribution in [3.63, 3.8) is 0 Å². The van der Waals surface area contributed by atoms with Crippen LogP contribution in [0.15, 0.2) is 48.6 Å². The van der Waals surface area contributed by atoms with Crippen LogP contribution in [0.25, 0.3) is 0 Å². The Kier molecular flexibility index (Phi) is 9.05. The van der Waals surface area contributed by atoms with E-state index in [2.05, 4.69) is 0 Å². The van der Waals surface area contributed by atoms with Crippen LogP contribution in [0.1, 0.15) is 24.0 Å². The number of carbonyl (C=O) groups excluding carboxylic acids is 1. The number of aliphatic hydroxyl groups is 1. The number of hydrogen-bond acceptors (Lipinski definition) is 6. The molecule has 156 valence electrons. The molecule has 0 heterocycles. The Bertz CT molecular complexity index is 828. The van der Waals surface area contributed by atoms with Crippen molar-refractivity contribution in [2.75, 3.05) is 27.4 Å². The highest BCUT2D eigenvalue weighted by Gasteiger charge is 2.07. The Morgan fingerprint density at radius 1 is 0.966 bits per heavy atom. The first-order valence-corrected chi connectivity index (χ1v) is 9.53. The molecule has 6 nitrogen and oxygen atoms in total. The summed E-state index contributed by atoms with van der Waals surface area (Å²) in [5.41, 5.74) is 2.02. The molecule has 6 heteroatoms. The molecule has 29 heavy (non-hydrogen) atoms. The van der Waals surface area contributed by atoms with Gasteiger partial charge in [0.2, 0.25) is 0 Å². The summed E-state index contributed by atoms with van der Waals surface area (Å²) in [6, 6.07) is 10.8. The zero-order valence-corrected chi connectivity index (χ0v) is 16.9. The third-order valence-electron chi connectivity index (χ3n) is 4.38. The summed E-state index contributed by atoms with van der Waals surface area (Å²) in [4.78, 5) is 12.1. The molecule has 0 aliphatic carbocycles. The Hall–Kier alpha value is -2.99. The van der Waals surface area contributed by atoms with E-state index in [1.807, 2.05) is 24.3 Å². The first kappa shape index (κ1) is 22.3. The van der Waals surface area contributed by atoms with Crippen molar-refractivity contribution >= 4 is 5.78 Å². The van der Waals surface area contributed by atoms with Crippen LogP contribution in [0.2, 0.25) is 0 Å². The van der Waals surface area contributed by atoms with Crippen LogP contribution in [-0.2, 0) is 17.6 Å². The van der Waals surface area contributed by atoms with E-state index in [9.17, 15) is 9.90 Å². The summed E-state index contributed by atoms with van der Waals surface area (Å²) in [5, 5.41) is 18.5. The zero-order valence-electron chi connectivity index (χ0n) is 16.9. The summed E-state index contributed by atoms with van der Waals surface area (Å²) < 4.78 is 15.8. The lowest BCUT2D eigenvalue weighted by atomic mass is 10.1. The van der Waals surface area contributed by atoms with Gasteiger partial charge in [-0.15, -0.1) is 0 Å². The summed E-state index contributed by atoms with van der Waals surface area (Å²) in [7, 11) is 3.07. The molecule has 2 rings (SSSR count). The van der Waals surface area contributed by atoms with Crippen LogP contribution in [-0.4, -0.2) is 43.4 Å². The van der Waals surface area contributed by atoms with Crippen molar-refractivity contribution in [1.29, 1.82) is 0 Å². The van der Waals surface area contributed by atoms with Gasteiger partial charge in [-0.2, -0.15) is 0 Å². The van der Waals surface area contributed by atoms with Crippen molar-refractivity contribution in [2.24, 2.45) is 0 Å². The van der Waals surface area contributed by atoms with Crippen molar-refractivity contribution in [3.05, 3.63) is 59.7 Å². The van der Waals surface area contributed by atoms with Gasteiger partial charge >= 0.3 is 0 Å². The molecule has 0 aliphatic rings. The lowest BCUT2D eigenvalue weighted by Crippen LogP contribution is -2.03. The number of hydrogen-bond donors (Lipinski definition) is 2. The number of ether oxygens (including phenoxy) is 3. The highest BCUT2D eigenvalue weighted by atomic mass is 16.5. The second-order valence-electron chi connectivity index (χ2n) is 6.47. The molecule has 2 aromatic rings. The predicted molar refractivity (Wildman–Crippen MR) is 111 cm³/mol. The number of benzene rings is 2. The van der Waals surface area contributed by atoms with E-state index in [0.717, 1.165) is 24.0 Å².